The smallest absolute Gasteiger partial charge is 0.326 e. The van der Waals surface area contributed by atoms with Gasteiger partial charge >= 0.3 is 5.97 Å². The Balaban J connectivity index is 2.76. The molecule has 0 radical (unpaired) electrons. The van der Waals surface area contributed by atoms with E-state index < -0.39 is 47.9 Å². The van der Waals surface area contributed by atoms with Crippen molar-refractivity contribution in [1.82, 2.24) is 25.9 Å². The number of aliphatic carboxylic acids is 1. The predicted octanol–water partition coefficient (Wildman–Crippen LogP) is -1.58. The van der Waals surface area contributed by atoms with Gasteiger partial charge in [0.15, 0.2) is 0 Å². The molecule has 12 heteroatoms. The van der Waals surface area contributed by atoms with E-state index in [1.165, 1.54) is 19.4 Å². The Morgan fingerprint density at radius 2 is 1.79 bits per heavy atom. The summed E-state index contributed by atoms with van der Waals surface area (Å²) in [4.78, 5) is 54.9. The number of carbonyl (C=O) groups excluding carboxylic acids is 3. The molecule has 1 aromatic rings. The van der Waals surface area contributed by atoms with Gasteiger partial charge in [-0.25, -0.2) is 9.78 Å². The van der Waals surface area contributed by atoms with Crippen molar-refractivity contribution in [3.05, 3.63) is 18.2 Å². The Hall–Kier alpha value is -2.60. The maximum Gasteiger partial charge on any atom is 0.326 e. The number of nitrogens with one attached hydrogen (secondary N) is 4. The molecule has 0 aliphatic rings. The molecule has 3 amide bonds. The van der Waals surface area contributed by atoms with Crippen LogP contribution in [-0.2, 0) is 25.6 Å². The van der Waals surface area contributed by atoms with Crippen LogP contribution in [0, 0.1) is 5.92 Å². The van der Waals surface area contributed by atoms with Gasteiger partial charge in [0.2, 0.25) is 17.7 Å². The molecular weight excluding hydrogens is 400 g/mol. The van der Waals surface area contributed by atoms with Crippen LogP contribution < -0.4 is 21.7 Å². The predicted molar refractivity (Wildman–Crippen MR) is 108 cm³/mol. The first-order valence-corrected chi connectivity index (χ1v) is 9.67. The Morgan fingerprint density at radius 3 is 2.28 bits per heavy atom. The molecule has 0 bridgehead atoms. The van der Waals surface area contributed by atoms with Crippen molar-refractivity contribution in [2.75, 3.05) is 5.75 Å². The summed E-state index contributed by atoms with van der Waals surface area (Å²) in [6.07, 6.45) is 2.88. The van der Waals surface area contributed by atoms with E-state index in [1.54, 1.807) is 13.8 Å². The molecule has 29 heavy (non-hydrogen) atoms. The number of carbonyl (C=O) groups is 4. The molecule has 0 saturated carbocycles. The van der Waals surface area contributed by atoms with Crippen molar-refractivity contribution in [2.45, 2.75) is 51.4 Å². The molecule has 4 unspecified atom stereocenters. The second-order valence-corrected chi connectivity index (χ2v) is 7.30. The molecule has 1 heterocycles. The summed E-state index contributed by atoms with van der Waals surface area (Å²) >= 11 is 3.92. The summed E-state index contributed by atoms with van der Waals surface area (Å²) in [5, 5.41) is 16.8. The summed E-state index contributed by atoms with van der Waals surface area (Å²) in [5.41, 5.74) is 6.10. The fourth-order valence-electron chi connectivity index (χ4n) is 2.36. The van der Waals surface area contributed by atoms with Crippen LogP contribution in [-0.4, -0.2) is 68.7 Å². The van der Waals surface area contributed by atoms with E-state index in [0.29, 0.717) is 5.69 Å². The lowest BCUT2D eigenvalue weighted by atomic mass is 10.0. The number of amides is 3. The standard InChI is InChI=1S/C17H28N6O5S/c1-8(2)13(23-14(24)9(3)21-15(25)11(18)6-29)16(26)22-12(17(27)28)4-10-5-19-7-20-10/h5,7-9,11-13,29H,4,6,18H2,1-3H3,(H,19,20)(H,21,25)(H,22,26)(H,23,24)(H,27,28). The number of carboxylic acid groups (broad SMARTS) is 1. The van der Waals surface area contributed by atoms with E-state index in [-0.39, 0.29) is 18.1 Å². The highest BCUT2D eigenvalue weighted by atomic mass is 32.1. The average Bonchev–Trinajstić information content (AvgIpc) is 3.16. The number of hydrogen-bond donors (Lipinski definition) is 7. The molecule has 0 aromatic carbocycles. The third kappa shape index (κ3) is 7.74. The molecule has 0 saturated heterocycles. The maximum absolute atomic E-state index is 12.6. The van der Waals surface area contributed by atoms with Gasteiger partial charge in [-0.1, -0.05) is 13.8 Å². The molecular formula is C17H28N6O5S. The van der Waals surface area contributed by atoms with Crippen molar-refractivity contribution in [2.24, 2.45) is 11.7 Å². The largest absolute Gasteiger partial charge is 0.480 e. The van der Waals surface area contributed by atoms with Crippen LogP contribution in [0.4, 0.5) is 0 Å². The molecule has 0 fully saturated rings. The maximum atomic E-state index is 12.6. The number of nitrogens with two attached hydrogens (primary N) is 1. The number of aromatic amines is 1. The molecule has 0 spiro atoms. The number of hydrogen-bond acceptors (Lipinski definition) is 7. The van der Waals surface area contributed by atoms with Gasteiger partial charge in [-0.15, -0.1) is 0 Å². The Bertz CT molecular complexity index is 711. The first kappa shape index (κ1) is 24.4. The van der Waals surface area contributed by atoms with E-state index in [1.807, 2.05) is 0 Å². The van der Waals surface area contributed by atoms with Crippen molar-refractivity contribution in [3.8, 4) is 0 Å². The molecule has 4 atom stereocenters. The van der Waals surface area contributed by atoms with E-state index in [2.05, 4.69) is 38.5 Å². The van der Waals surface area contributed by atoms with Crippen LogP contribution in [0.1, 0.15) is 26.5 Å². The Morgan fingerprint density at radius 1 is 1.14 bits per heavy atom. The van der Waals surface area contributed by atoms with Gasteiger partial charge in [-0.2, -0.15) is 12.6 Å². The number of nitrogens with zero attached hydrogens (tertiary/aromatic N) is 1. The van der Waals surface area contributed by atoms with Gasteiger partial charge in [0.05, 0.1) is 12.4 Å². The monoisotopic (exact) mass is 428 g/mol. The SMILES string of the molecule is CC(NC(=O)C(N)CS)C(=O)NC(C(=O)NC(Cc1cnc[nH]1)C(=O)O)C(C)C. The highest BCUT2D eigenvalue weighted by molar-refractivity contribution is 7.80. The van der Waals surface area contributed by atoms with Gasteiger partial charge in [0, 0.05) is 24.1 Å². The summed E-state index contributed by atoms with van der Waals surface area (Å²) in [6.45, 7) is 4.86. The van der Waals surface area contributed by atoms with Gasteiger partial charge in [0.1, 0.15) is 18.1 Å². The summed E-state index contributed by atoms with van der Waals surface area (Å²) in [5.74, 6) is -3.22. The molecule has 1 aromatic heterocycles. The molecule has 0 aliphatic heterocycles. The quantitative estimate of drug-likeness (QED) is 0.208. The first-order valence-electron chi connectivity index (χ1n) is 9.04. The number of aromatic nitrogens is 2. The van der Waals surface area contributed by atoms with Crippen LogP contribution >= 0.6 is 12.6 Å². The van der Waals surface area contributed by atoms with E-state index in [0.717, 1.165) is 0 Å². The third-order valence-corrected chi connectivity index (χ3v) is 4.52. The minimum atomic E-state index is -1.22. The lowest BCUT2D eigenvalue weighted by Crippen LogP contribution is -2.58. The van der Waals surface area contributed by atoms with E-state index in [9.17, 15) is 24.3 Å². The minimum absolute atomic E-state index is 0.00785. The molecule has 0 aliphatic carbocycles. The second kappa shape index (κ2) is 11.4. The molecule has 162 valence electrons. The Kier molecular flexibility index (Phi) is 9.62. The Labute approximate surface area is 174 Å². The normalized spacial score (nSPS) is 15.1. The zero-order valence-electron chi connectivity index (χ0n) is 16.5. The van der Waals surface area contributed by atoms with E-state index >= 15 is 0 Å². The molecule has 1 rings (SSSR count). The van der Waals surface area contributed by atoms with Gasteiger partial charge in [-0.3, -0.25) is 14.4 Å². The van der Waals surface area contributed by atoms with Crippen molar-refractivity contribution < 1.29 is 24.3 Å². The number of H-pyrrole nitrogens is 1. The van der Waals surface area contributed by atoms with Crippen molar-refractivity contribution in [1.29, 1.82) is 0 Å². The topological polar surface area (TPSA) is 179 Å². The highest BCUT2D eigenvalue weighted by Gasteiger charge is 2.30. The number of rotatable bonds is 11. The minimum Gasteiger partial charge on any atom is -0.480 e. The van der Waals surface area contributed by atoms with Gasteiger partial charge in [0.25, 0.3) is 0 Å². The highest BCUT2D eigenvalue weighted by Crippen LogP contribution is 2.05. The summed E-state index contributed by atoms with van der Waals surface area (Å²) in [6, 6.07) is -4.00. The summed E-state index contributed by atoms with van der Waals surface area (Å²) < 4.78 is 0. The zero-order valence-corrected chi connectivity index (χ0v) is 17.4. The fourth-order valence-corrected chi connectivity index (χ4v) is 2.53. The number of carboxylic acids is 1. The average molecular weight is 429 g/mol. The van der Waals surface area contributed by atoms with Gasteiger partial charge < -0.3 is 31.8 Å². The third-order valence-electron chi connectivity index (χ3n) is 4.13. The van der Waals surface area contributed by atoms with Crippen LogP contribution in [0.3, 0.4) is 0 Å². The molecule has 11 nitrogen and oxygen atoms in total. The zero-order chi connectivity index (χ0) is 22.1. The van der Waals surface area contributed by atoms with Gasteiger partial charge in [-0.05, 0) is 12.8 Å². The van der Waals surface area contributed by atoms with Crippen LogP contribution in [0.25, 0.3) is 0 Å². The number of thiol groups is 1. The van der Waals surface area contributed by atoms with Crippen LogP contribution in [0.15, 0.2) is 12.5 Å². The van der Waals surface area contributed by atoms with Crippen molar-refractivity contribution >= 4 is 36.3 Å². The molecule has 7 N–H and O–H groups in total. The van der Waals surface area contributed by atoms with Crippen LogP contribution in [0.2, 0.25) is 0 Å². The van der Waals surface area contributed by atoms with E-state index in [4.69, 9.17) is 5.73 Å². The number of imidazole rings is 1. The lowest BCUT2D eigenvalue weighted by Gasteiger charge is -2.25. The fraction of sp³-hybridized carbons (Fsp3) is 0.588. The van der Waals surface area contributed by atoms with Crippen molar-refractivity contribution in [3.63, 3.8) is 0 Å². The van der Waals surface area contributed by atoms with Crippen LogP contribution in [0.5, 0.6) is 0 Å². The summed E-state index contributed by atoms with van der Waals surface area (Å²) in [7, 11) is 0. The first-order chi connectivity index (χ1) is 13.6. The second-order valence-electron chi connectivity index (χ2n) is 6.93. The lowest BCUT2D eigenvalue weighted by molar-refractivity contribution is -0.142.